The third-order valence-corrected chi connectivity index (χ3v) is 3.60. The van der Waals surface area contributed by atoms with Crippen LogP contribution in [0.25, 0.3) is 6.08 Å². The van der Waals surface area contributed by atoms with E-state index in [1.165, 1.54) is 19.3 Å². The van der Waals surface area contributed by atoms with Crippen molar-refractivity contribution in [3.05, 3.63) is 27.7 Å². The molecule has 1 rings (SSSR count). The lowest BCUT2D eigenvalue weighted by molar-refractivity contribution is -0.117. The van der Waals surface area contributed by atoms with Gasteiger partial charge in [-0.05, 0) is 37.1 Å². The summed E-state index contributed by atoms with van der Waals surface area (Å²) in [6.45, 7) is 3.52. The van der Waals surface area contributed by atoms with Gasteiger partial charge >= 0.3 is 0 Å². The van der Waals surface area contributed by atoms with Gasteiger partial charge in [-0.15, -0.1) is 0 Å². The second-order valence-corrected chi connectivity index (χ2v) is 5.38. The maximum Gasteiger partial charge on any atom is 0.261 e. The number of halogens is 1. The van der Waals surface area contributed by atoms with Gasteiger partial charge in [0.05, 0.1) is 7.11 Å². The van der Waals surface area contributed by atoms with Gasteiger partial charge in [0, 0.05) is 24.2 Å². The largest absolute Gasteiger partial charge is 0.504 e. The number of aromatic hydroxyl groups is 1. The SMILES string of the molecule is CCOCCCNC(=O)C(C#N)=Cc1cc(OC)c(O)cc1Br. The van der Waals surface area contributed by atoms with Crippen molar-refractivity contribution in [2.45, 2.75) is 13.3 Å². The van der Waals surface area contributed by atoms with E-state index in [0.29, 0.717) is 36.2 Å². The van der Waals surface area contributed by atoms with Crippen molar-refractivity contribution in [1.82, 2.24) is 5.32 Å². The summed E-state index contributed by atoms with van der Waals surface area (Å²) in [5.74, 6) is -0.229. The smallest absolute Gasteiger partial charge is 0.261 e. The minimum Gasteiger partial charge on any atom is -0.504 e. The van der Waals surface area contributed by atoms with Crippen LogP contribution in [0.5, 0.6) is 11.5 Å². The molecule has 0 aromatic heterocycles. The Morgan fingerprint density at radius 2 is 2.26 bits per heavy atom. The number of carbonyl (C=O) groups excluding carboxylic acids is 1. The molecule has 1 aromatic rings. The summed E-state index contributed by atoms with van der Waals surface area (Å²) in [5.41, 5.74) is 0.524. The summed E-state index contributed by atoms with van der Waals surface area (Å²) in [6, 6.07) is 4.86. The van der Waals surface area contributed by atoms with Crippen LogP contribution in [0.3, 0.4) is 0 Å². The van der Waals surface area contributed by atoms with E-state index in [4.69, 9.17) is 9.47 Å². The molecule has 1 aromatic carbocycles. The van der Waals surface area contributed by atoms with Crippen LogP contribution in [-0.4, -0.2) is 37.9 Å². The molecule has 0 bridgehead atoms. The van der Waals surface area contributed by atoms with Gasteiger partial charge in [-0.25, -0.2) is 0 Å². The molecule has 0 heterocycles. The average molecular weight is 383 g/mol. The number of hydrogen-bond acceptors (Lipinski definition) is 5. The van der Waals surface area contributed by atoms with Gasteiger partial charge in [-0.3, -0.25) is 4.79 Å². The first-order valence-electron chi connectivity index (χ1n) is 7.07. The summed E-state index contributed by atoms with van der Waals surface area (Å²) < 4.78 is 10.7. The van der Waals surface area contributed by atoms with Gasteiger partial charge in [0.1, 0.15) is 11.6 Å². The van der Waals surface area contributed by atoms with E-state index in [0.717, 1.165) is 0 Å². The fourth-order valence-electron chi connectivity index (χ4n) is 1.75. The normalized spacial score (nSPS) is 11.0. The number of benzene rings is 1. The summed E-state index contributed by atoms with van der Waals surface area (Å²) in [7, 11) is 1.42. The third kappa shape index (κ3) is 5.93. The molecule has 0 radical (unpaired) electrons. The molecule has 0 aliphatic heterocycles. The minimum atomic E-state index is -0.456. The first-order valence-corrected chi connectivity index (χ1v) is 7.87. The second-order valence-electron chi connectivity index (χ2n) is 4.52. The minimum absolute atomic E-state index is 0.0320. The maximum absolute atomic E-state index is 12.0. The topological polar surface area (TPSA) is 91.6 Å². The van der Waals surface area contributed by atoms with E-state index in [1.54, 1.807) is 6.07 Å². The quantitative estimate of drug-likeness (QED) is 0.409. The number of phenolic OH excluding ortho intramolecular Hbond substituents is 1. The van der Waals surface area contributed by atoms with Crippen molar-refractivity contribution in [2.75, 3.05) is 26.9 Å². The summed E-state index contributed by atoms with van der Waals surface area (Å²) in [4.78, 5) is 12.0. The number of nitrogens with zero attached hydrogens (tertiary/aromatic N) is 1. The molecular formula is C16H19BrN2O4. The summed E-state index contributed by atoms with van der Waals surface area (Å²) in [5, 5.41) is 21.5. The van der Waals surface area contributed by atoms with Crippen molar-refractivity contribution in [2.24, 2.45) is 0 Å². The Morgan fingerprint density at radius 1 is 1.52 bits per heavy atom. The predicted molar refractivity (Wildman–Crippen MR) is 90.1 cm³/mol. The van der Waals surface area contributed by atoms with Crippen LogP contribution >= 0.6 is 15.9 Å². The monoisotopic (exact) mass is 382 g/mol. The highest BCUT2D eigenvalue weighted by atomic mass is 79.9. The zero-order valence-corrected chi connectivity index (χ0v) is 14.6. The van der Waals surface area contributed by atoms with E-state index in [2.05, 4.69) is 21.2 Å². The average Bonchev–Trinajstić information content (AvgIpc) is 2.53. The van der Waals surface area contributed by atoms with Crippen LogP contribution < -0.4 is 10.1 Å². The van der Waals surface area contributed by atoms with Crippen LogP contribution in [0.1, 0.15) is 18.9 Å². The molecule has 0 spiro atoms. The number of nitriles is 1. The number of nitrogens with one attached hydrogen (secondary N) is 1. The molecule has 6 nitrogen and oxygen atoms in total. The maximum atomic E-state index is 12.0. The zero-order valence-electron chi connectivity index (χ0n) is 13.1. The zero-order chi connectivity index (χ0) is 17.2. The Kier molecular flexibility index (Phi) is 8.16. The second kappa shape index (κ2) is 9.87. The highest BCUT2D eigenvalue weighted by molar-refractivity contribution is 9.10. The van der Waals surface area contributed by atoms with Gasteiger partial charge in [0.15, 0.2) is 11.5 Å². The number of phenols is 1. The summed E-state index contributed by atoms with van der Waals surface area (Å²) in [6.07, 6.45) is 2.11. The predicted octanol–water partition coefficient (Wildman–Crippen LogP) is 2.61. The van der Waals surface area contributed by atoms with E-state index in [-0.39, 0.29) is 17.1 Å². The van der Waals surface area contributed by atoms with Crippen molar-refractivity contribution >= 4 is 27.9 Å². The third-order valence-electron chi connectivity index (χ3n) is 2.92. The molecule has 0 saturated heterocycles. The number of carbonyl (C=O) groups is 1. The lowest BCUT2D eigenvalue weighted by Gasteiger charge is -2.08. The lowest BCUT2D eigenvalue weighted by atomic mass is 10.1. The first kappa shape index (κ1) is 19.0. The van der Waals surface area contributed by atoms with Crippen molar-refractivity contribution in [1.29, 1.82) is 5.26 Å². The number of ether oxygens (including phenoxy) is 2. The highest BCUT2D eigenvalue weighted by Crippen LogP contribution is 2.33. The number of methoxy groups -OCH3 is 1. The first-order chi connectivity index (χ1) is 11.0. The standard InChI is InChI=1S/C16H19BrN2O4/c1-3-23-6-4-5-19-16(21)12(10-18)7-11-8-15(22-2)14(20)9-13(11)17/h7-9,20H,3-6H2,1-2H3,(H,19,21). The molecule has 23 heavy (non-hydrogen) atoms. The van der Waals surface area contributed by atoms with Gasteiger partial charge in [0.2, 0.25) is 0 Å². The molecule has 1 amide bonds. The highest BCUT2D eigenvalue weighted by Gasteiger charge is 2.12. The van der Waals surface area contributed by atoms with Gasteiger partial charge < -0.3 is 19.9 Å². The van der Waals surface area contributed by atoms with Crippen LogP contribution in [0.15, 0.2) is 22.2 Å². The van der Waals surface area contributed by atoms with E-state index in [1.807, 2.05) is 13.0 Å². The lowest BCUT2D eigenvalue weighted by Crippen LogP contribution is -2.26. The Morgan fingerprint density at radius 3 is 2.87 bits per heavy atom. The van der Waals surface area contributed by atoms with Gasteiger partial charge in [0.25, 0.3) is 5.91 Å². The number of hydrogen-bond donors (Lipinski definition) is 2. The van der Waals surface area contributed by atoms with E-state index >= 15 is 0 Å². The van der Waals surface area contributed by atoms with Crippen molar-refractivity contribution < 1.29 is 19.4 Å². The molecule has 124 valence electrons. The van der Waals surface area contributed by atoms with Gasteiger partial charge in [-0.1, -0.05) is 15.9 Å². The molecule has 0 aliphatic carbocycles. The van der Waals surface area contributed by atoms with Crippen LogP contribution in [-0.2, 0) is 9.53 Å². The van der Waals surface area contributed by atoms with Crippen LogP contribution in [0.4, 0.5) is 0 Å². The van der Waals surface area contributed by atoms with Crippen molar-refractivity contribution in [3.63, 3.8) is 0 Å². The Balaban J connectivity index is 2.83. The molecular weight excluding hydrogens is 364 g/mol. The van der Waals surface area contributed by atoms with Crippen LogP contribution in [0.2, 0.25) is 0 Å². The molecule has 0 atom stereocenters. The fraction of sp³-hybridized carbons (Fsp3) is 0.375. The number of amides is 1. The fourth-order valence-corrected chi connectivity index (χ4v) is 2.20. The van der Waals surface area contributed by atoms with Crippen molar-refractivity contribution in [3.8, 4) is 17.6 Å². The molecule has 0 fully saturated rings. The Labute approximate surface area is 143 Å². The molecule has 0 aliphatic rings. The Bertz CT molecular complexity index is 623. The number of rotatable bonds is 8. The van der Waals surface area contributed by atoms with E-state index in [9.17, 15) is 15.2 Å². The molecule has 0 unspecified atom stereocenters. The molecule has 0 saturated carbocycles. The Hall–Kier alpha value is -2.04. The van der Waals surface area contributed by atoms with Crippen LogP contribution in [0, 0.1) is 11.3 Å². The van der Waals surface area contributed by atoms with Gasteiger partial charge in [-0.2, -0.15) is 5.26 Å². The molecule has 7 heteroatoms. The summed E-state index contributed by atoms with van der Waals surface area (Å²) >= 11 is 3.28. The van der Waals surface area contributed by atoms with E-state index < -0.39 is 5.91 Å². The molecule has 2 N–H and O–H groups in total.